The molecule has 0 fully saturated rings. The normalized spacial score (nSPS) is 12.7. The second kappa shape index (κ2) is 6.98. The predicted octanol–water partition coefficient (Wildman–Crippen LogP) is 3.41. The van der Waals surface area contributed by atoms with Gasteiger partial charge in [-0.2, -0.15) is 4.99 Å². The van der Waals surface area contributed by atoms with Gasteiger partial charge in [0.1, 0.15) is 5.75 Å². The standard InChI is InChI=1S/C18H17ClN2O3S2/c1-11-8-15-16(9-12(11)2)25-18(21(15)3)20-17(22)10-26(23,24)14-6-4-13(19)5-7-14/h4-9H,10H2,1-3H3. The van der Waals surface area contributed by atoms with Crippen LogP contribution in [0, 0.1) is 13.8 Å². The highest BCUT2D eigenvalue weighted by Gasteiger charge is 2.19. The van der Waals surface area contributed by atoms with Crippen molar-refractivity contribution >= 4 is 48.9 Å². The molecule has 0 bridgehead atoms. The Balaban J connectivity index is 1.95. The Bertz CT molecular complexity index is 1170. The molecule has 3 aromatic rings. The smallest absolute Gasteiger partial charge is 0.263 e. The number of carbonyl (C=O) groups is 1. The zero-order valence-corrected chi connectivity index (χ0v) is 16.9. The molecule has 2 aromatic carbocycles. The first-order valence-corrected chi connectivity index (χ1v) is 10.6. The zero-order valence-electron chi connectivity index (χ0n) is 14.5. The fourth-order valence-corrected chi connectivity index (χ4v) is 4.86. The van der Waals surface area contributed by atoms with Gasteiger partial charge in [-0.3, -0.25) is 4.79 Å². The third-order valence-corrected chi connectivity index (χ3v) is 7.10. The van der Waals surface area contributed by atoms with Crippen LogP contribution in [-0.4, -0.2) is 24.6 Å². The maximum absolute atomic E-state index is 12.4. The number of carbonyl (C=O) groups excluding carboxylic acids is 1. The van der Waals surface area contributed by atoms with Gasteiger partial charge in [0, 0.05) is 12.1 Å². The number of sulfone groups is 1. The second-order valence-corrected chi connectivity index (χ2v) is 9.50. The summed E-state index contributed by atoms with van der Waals surface area (Å²) in [6, 6.07) is 9.81. The summed E-state index contributed by atoms with van der Waals surface area (Å²) in [5.74, 6) is -1.38. The van der Waals surface area contributed by atoms with Crippen LogP contribution in [0.15, 0.2) is 46.3 Å². The average molecular weight is 409 g/mol. The van der Waals surface area contributed by atoms with Crippen molar-refractivity contribution in [1.82, 2.24) is 4.57 Å². The summed E-state index contributed by atoms with van der Waals surface area (Å²) in [7, 11) is -1.95. The van der Waals surface area contributed by atoms with Crippen LogP contribution in [0.2, 0.25) is 5.02 Å². The van der Waals surface area contributed by atoms with E-state index in [0.717, 1.165) is 21.3 Å². The van der Waals surface area contributed by atoms with E-state index in [1.54, 1.807) is 4.57 Å². The molecule has 8 heteroatoms. The Morgan fingerprint density at radius 3 is 2.42 bits per heavy atom. The summed E-state index contributed by atoms with van der Waals surface area (Å²) in [5, 5.41) is 0.433. The molecule has 0 atom stereocenters. The number of amides is 1. The summed E-state index contributed by atoms with van der Waals surface area (Å²) in [6.07, 6.45) is 0. The number of hydrogen-bond donors (Lipinski definition) is 0. The molecule has 0 N–H and O–H groups in total. The molecule has 1 heterocycles. The first-order valence-electron chi connectivity index (χ1n) is 7.80. The van der Waals surface area contributed by atoms with Crippen molar-refractivity contribution in [2.45, 2.75) is 18.7 Å². The van der Waals surface area contributed by atoms with Crippen LogP contribution in [-0.2, 0) is 21.7 Å². The number of thiazole rings is 1. The van der Waals surface area contributed by atoms with Gasteiger partial charge >= 0.3 is 0 Å². The molecule has 0 saturated heterocycles. The number of hydrogen-bond acceptors (Lipinski definition) is 4. The van der Waals surface area contributed by atoms with E-state index in [9.17, 15) is 13.2 Å². The lowest BCUT2D eigenvalue weighted by Crippen LogP contribution is -2.19. The second-order valence-electron chi connectivity index (χ2n) is 6.07. The van der Waals surface area contributed by atoms with E-state index in [0.29, 0.717) is 9.82 Å². The Hall–Kier alpha value is -1.96. The molecule has 0 spiro atoms. The maximum Gasteiger partial charge on any atom is 0.263 e. The van der Waals surface area contributed by atoms with Crippen molar-refractivity contribution in [3.8, 4) is 0 Å². The first kappa shape index (κ1) is 18.8. The number of aryl methyl sites for hydroxylation is 3. The Labute approximate surface area is 160 Å². The van der Waals surface area contributed by atoms with Crippen molar-refractivity contribution in [2.75, 3.05) is 5.75 Å². The largest absolute Gasteiger partial charge is 0.319 e. The monoisotopic (exact) mass is 408 g/mol. The van der Waals surface area contributed by atoms with Crippen LogP contribution in [0.1, 0.15) is 11.1 Å². The van der Waals surface area contributed by atoms with Crippen molar-refractivity contribution in [3.63, 3.8) is 0 Å². The predicted molar refractivity (Wildman–Crippen MR) is 104 cm³/mol. The van der Waals surface area contributed by atoms with Gasteiger partial charge in [-0.25, -0.2) is 8.42 Å². The van der Waals surface area contributed by atoms with E-state index in [2.05, 4.69) is 4.99 Å². The minimum Gasteiger partial charge on any atom is -0.319 e. The molecular formula is C18H17ClN2O3S2. The van der Waals surface area contributed by atoms with Gasteiger partial charge < -0.3 is 4.57 Å². The highest BCUT2D eigenvalue weighted by atomic mass is 35.5. The minimum atomic E-state index is -3.76. The quantitative estimate of drug-likeness (QED) is 0.666. The number of aromatic nitrogens is 1. The van der Waals surface area contributed by atoms with Gasteiger partial charge in [0.05, 0.1) is 15.1 Å². The minimum absolute atomic E-state index is 0.0532. The Morgan fingerprint density at radius 2 is 1.77 bits per heavy atom. The summed E-state index contributed by atoms with van der Waals surface area (Å²) < 4.78 is 27.5. The van der Waals surface area contributed by atoms with Crippen LogP contribution >= 0.6 is 22.9 Å². The lowest BCUT2D eigenvalue weighted by atomic mass is 10.1. The van der Waals surface area contributed by atoms with Crippen LogP contribution in [0.5, 0.6) is 0 Å². The molecule has 0 radical (unpaired) electrons. The molecule has 136 valence electrons. The van der Waals surface area contributed by atoms with Gasteiger partial charge in [-0.15, -0.1) is 0 Å². The molecule has 26 heavy (non-hydrogen) atoms. The van der Waals surface area contributed by atoms with E-state index in [-0.39, 0.29) is 4.90 Å². The molecule has 3 rings (SSSR count). The molecule has 0 aliphatic rings. The summed E-state index contributed by atoms with van der Waals surface area (Å²) in [5.41, 5.74) is 3.27. The van der Waals surface area contributed by atoms with E-state index >= 15 is 0 Å². The fraction of sp³-hybridized carbons (Fsp3) is 0.222. The molecule has 0 saturated carbocycles. The van der Waals surface area contributed by atoms with Gasteiger partial charge in [0.25, 0.3) is 5.91 Å². The van der Waals surface area contributed by atoms with Crippen LogP contribution < -0.4 is 4.80 Å². The lowest BCUT2D eigenvalue weighted by molar-refractivity contribution is -0.115. The Morgan fingerprint density at radius 1 is 1.15 bits per heavy atom. The van der Waals surface area contributed by atoms with E-state index in [4.69, 9.17) is 11.6 Å². The summed E-state index contributed by atoms with van der Waals surface area (Å²) >= 11 is 7.13. The van der Waals surface area contributed by atoms with E-state index < -0.39 is 21.5 Å². The number of nitrogens with zero attached hydrogens (tertiary/aromatic N) is 2. The number of benzene rings is 2. The number of halogens is 1. The van der Waals surface area contributed by atoms with Gasteiger partial charge in [0.15, 0.2) is 14.6 Å². The van der Waals surface area contributed by atoms with E-state index in [1.165, 1.54) is 35.6 Å². The first-order chi connectivity index (χ1) is 12.2. The number of rotatable bonds is 3. The Kier molecular flexibility index (Phi) is 5.05. The van der Waals surface area contributed by atoms with Crippen molar-refractivity contribution in [2.24, 2.45) is 12.0 Å². The van der Waals surface area contributed by atoms with Crippen molar-refractivity contribution in [3.05, 3.63) is 57.3 Å². The third kappa shape index (κ3) is 3.75. The molecule has 5 nitrogen and oxygen atoms in total. The maximum atomic E-state index is 12.4. The highest BCUT2D eigenvalue weighted by molar-refractivity contribution is 7.92. The fourth-order valence-electron chi connectivity index (χ4n) is 2.51. The molecule has 0 aliphatic heterocycles. The molecule has 1 amide bonds. The molecular weight excluding hydrogens is 392 g/mol. The van der Waals surface area contributed by atoms with Gasteiger partial charge in [-0.05, 0) is 61.4 Å². The van der Waals surface area contributed by atoms with Crippen molar-refractivity contribution in [1.29, 1.82) is 0 Å². The third-order valence-electron chi connectivity index (χ3n) is 4.13. The van der Waals surface area contributed by atoms with Crippen molar-refractivity contribution < 1.29 is 13.2 Å². The molecule has 0 unspecified atom stereocenters. The SMILES string of the molecule is Cc1cc2sc(=NC(=O)CS(=O)(=O)c3ccc(Cl)cc3)n(C)c2cc1C. The average Bonchev–Trinajstić information content (AvgIpc) is 2.83. The summed E-state index contributed by atoms with van der Waals surface area (Å²) in [4.78, 5) is 16.8. The molecule has 0 aliphatic carbocycles. The zero-order chi connectivity index (χ0) is 19.1. The van der Waals surface area contributed by atoms with E-state index in [1.807, 2.05) is 33.0 Å². The summed E-state index contributed by atoms with van der Waals surface area (Å²) in [6.45, 7) is 4.04. The molecule has 1 aromatic heterocycles. The highest BCUT2D eigenvalue weighted by Crippen LogP contribution is 2.21. The topological polar surface area (TPSA) is 68.5 Å². The van der Waals surface area contributed by atoms with Crippen LogP contribution in [0.25, 0.3) is 10.2 Å². The van der Waals surface area contributed by atoms with Crippen LogP contribution in [0.3, 0.4) is 0 Å². The lowest BCUT2D eigenvalue weighted by Gasteiger charge is -2.02. The van der Waals surface area contributed by atoms with Gasteiger partial charge in [-0.1, -0.05) is 22.9 Å². The van der Waals surface area contributed by atoms with Crippen LogP contribution in [0.4, 0.5) is 0 Å². The number of fused-ring (bicyclic) bond motifs is 1. The van der Waals surface area contributed by atoms with Gasteiger partial charge in [0.2, 0.25) is 0 Å².